The van der Waals surface area contributed by atoms with Gasteiger partial charge in [0.05, 0.1) is 12.3 Å². The first kappa shape index (κ1) is 11.6. The number of aliphatic hydroxyl groups is 1. The van der Waals surface area contributed by atoms with Gasteiger partial charge in [0.25, 0.3) is 0 Å². The standard InChI is InChI=1S/C9H17N3OS/c1-7(2)3-8(5-13)10-4-9-6-14-12-11-9/h6-8,10,13H,3-5H2,1-2H3/t8-/m1/s1. The fourth-order valence-corrected chi connectivity index (χ4v) is 1.75. The van der Waals surface area contributed by atoms with E-state index in [1.54, 1.807) is 0 Å². The molecule has 1 atom stereocenters. The van der Waals surface area contributed by atoms with Gasteiger partial charge in [-0.3, -0.25) is 0 Å². The van der Waals surface area contributed by atoms with E-state index in [4.69, 9.17) is 5.11 Å². The minimum Gasteiger partial charge on any atom is -0.395 e. The number of aromatic nitrogens is 2. The molecule has 1 aromatic heterocycles. The third-order valence-corrected chi connectivity index (χ3v) is 2.51. The normalized spacial score (nSPS) is 13.4. The summed E-state index contributed by atoms with van der Waals surface area (Å²) in [4.78, 5) is 0. The Balaban J connectivity index is 2.27. The fraction of sp³-hybridized carbons (Fsp3) is 0.778. The summed E-state index contributed by atoms with van der Waals surface area (Å²) in [5.41, 5.74) is 0.942. The van der Waals surface area contributed by atoms with Gasteiger partial charge in [0.1, 0.15) is 0 Å². The van der Waals surface area contributed by atoms with Crippen LogP contribution in [0.15, 0.2) is 5.38 Å². The van der Waals surface area contributed by atoms with Crippen LogP contribution in [-0.4, -0.2) is 27.3 Å². The first-order valence-electron chi connectivity index (χ1n) is 4.82. The molecule has 2 N–H and O–H groups in total. The number of rotatable bonds is 6. The lowest BCUT2D eigenvalue weighted by Crippen LogP contribution is -2.33. The molecule has 0 saturated carbocycles. The Morgan fingerprint density at radius 1 is 1.57 bits per heavy atom. The Hall–Kier alpha value is -0.520. The first-order chi connectivity index (χ1) is 6.72. The minimum atomic E-state index is 0.164. The van der Waals surface area contributed by atoms with E-state index in [0.717, 1.165) is 12.1 Å². The van der Waals surface area contributed by atoms with Crippen LogP contribution in [0.1, 0.15) is 26.0 Å². The summed E-state index contributed by atoms with van der Waals surface area (Å²) >= 11 is 1.35. The summed E-state index contributed by atoms with van der Waals surface area (Å²) < 4.78 is 3.78. The highest BCUT2D eigenvalue weighted by Crippen LogP contribution is 2.05. The van der Waals surface area contributed by atoms with Gasteiger partial charge in [-0.25, -0.2) is 0 Å². The largest absolute Gasteiger partial charge is 0.395 e. The molecular weight excluding hydrogens is 198 g/mol. The van der Waals surface area contributed by atoms with E-state index in [0.29, 0.717) is 12.5 Å². The van der Waals surface area contributed by atoms with Crippen LogP contribution in [0.4, 0.5) is 0 Å². The molecule has 0 fully saturated rings. The molecule has 1 rings (SSSR count). The van der Waals surface area contributed by atoms with E-state index in [1.165, 1.54) is 11.5 Å². The average Bonchev–Trinajstić information content (AvgIpc) is 2.64. The SMILES string of the molecule is CC(C)C[C@H](CO)NCc1csnn1. The molecule has 4 nitrogen and oxygen atoms in total. The van der Waals surface area contributed by atoms with Crippen LogP contribution in [0.5, 0.6) is 0 Å². The van der Waals surface area contributed by atoms with E-state index in [9.17, 15) is 0 Å². The smallest absolute Gasteiger partial charge is 0.0893 e. The van der Waals surface area contributed by atoms with Crippen molar-refractivity contribution in [3.05, 3.63) is 11.1 Å². The van der Waals surface area contributed by atoms with E-state index < -0.39 is 0 Å². The molecule has 0 unspecified atom stereocenters. The predicted octanol–water partition coefficient (Wildman–Crippen LogP) is 1.03. The average molecular weight is 215 g/mol. The molecule has 80 valence electrons. The van der Waals surface area contributed by atoms with Gasteiger partial charge in [-0.15, -0.1) is 5.10 Å². The van der Waals surface area contributed by atoms with E-state index in [-0.39, 0.29) is 12.6 Å². The van der Waals surface area contributed by atoms with Crippen molar-refractivity contribution in [2.24, 2.45) is 5.92 Å². The highest BCUT2D eigenvalue weighted by atomic mass is 32.1. The minimum absolute atomic E-state index is 0.164. The second kappa shape index (κ2) is 6.06. The van der Waals surface area contributed by atoms with Crippen LogP contribution >= 0.6 is 11.5 Å². The molecule has 0 amide bonds. The zero-order chi connectivity index (χ0) is 10.4. The second-order valence-corrected chi connectivity index (χ2v) is 4.40. The Kier molecular flexibility index (Phi) is 5.00. The molecule has 0 bridgehead atoms. The van der Waals surface area contributed by atoms with Crippen molar-refractivity contribution in [3.63, 3.8) is 0 Å². The van der Waals surface area contributed by atoms with E-state index in [1.807, 2.05) is 5.38 Å². The predicted molar refractivity (Wildman–Crippen MR) is 57.1 cm³/mol. The van der Waals surface area contributed by atoms with Gasteiger partial charge in [-0.05, 0) is 23.9 Å². The first-order valence-corrected chi connectivity index (χ1v) is 5.66. The lowest BCUT2D eigenvalue weighted by Gasteiger charge is -2.17. The summed E-state index contributed by atoms with van der Waals surface area (Å²) in [6.07, 6.45) is 0.980. The molecule has 14 heavy (non-hydrogen) atoms. The summed E-state index contributed by atoms with van der Waals surface area (Å²) in [7, 11) is 0. The molecule has 0 aliphatic carbocycles. The van der Waals surface area contributed by atoms with Gasteiger partial charge in [0, 0.05) is 18.0 Å². The van der Waals surface area contributed by atoms with Crippen molar-refractivity contribution < 1.29 is 5.11 Å². The second-order valence-electron chi connectivity index (χ2n) is 3.79. The third kappa shape index (κ3) is 4.13. The summed E-state index contributed by atoms with van der Waals surface area (Å²) in [6, 6.07) is 0.164. The molecule has 0 aromatic carbocycles. The quantitative estimate of drug-likeness (QED) is 0.744. The van der Waals surface area contributed by atoms with Crippen molar-refractivity contribution in [1.29, 1.82) is 0 Å². The van der Waals surface area contributed by atoms with Crippen molar-refractivity contribution in [3.8, 4) is 0 Å². The van der Waals surface area contributed by atoms with Crippen molar-refractivity contribution in [2.75, 3.05) is 6.61 Å². The van der Waals surface area contributed by atoms with E-state index in [2.05, 4.69) is 28.8 Å². The lowest BCUT2D eigenvalue weighted by atomic mass is 10.0. The molecular formula is C9H17N3OS. The number of hydrogen-bond donors (Lipinski definition) is 2. The van der Waals surface area contributed by atoms with Gasteiger partial charge in [-0.2, -0.15) is 0 Å². The maximum absolute atomic E-state index is 9.11. The van der Waals surface area contributed by atoms with Crippen LogP contribution in [0, 0.1) is 5.92 Å². The van der Waals surface area contributed by atoms with Crippen LogP contribution in [-0.2, 0) is 6.54 Å². The summed E-state index contributed by atoms with van der Waals surface area (Å²) in [5, 5.41) is 18.2. The molecule has 5 heteroatoms. The van der Waals surface area contributed by atoms with Gasteiger partial charge in [-0.1, -0.05) is 18.3 Å². The van der Waals surface area contributed by atoms with Crippen molar-refractivity contribution >= 4 is 11.5 Å². The van der Waals surface area contributed by atoms with Gasteiger partial charge < -0.3 is 10.4 Å². The number of nitrogens with zero attached hydrogens (tertiary/aromatic N) is 2. The third-order valence-electron chi connectivity index (χ3n) is 1.95. The van der Waals surface area contributed by atoms with Gasteiger partial charge in [0.15, 0.2) is 0 Å². The van der Waals surface area contributed by atoms with Gasteiger partial charge in [0.2, 0.25) is 0 Å². The van der Waals surface area contributed by atoms with E-state index >= 15 is 0 Å². The Morgan fingerprint density at radius 3 is 2.86 bits per heavy atom. The fourth-order valence-electron chi connectivity index (χ4n) is 1.30. The zero-order valence-electron chi connectivity index (χ0n) is 8.60. The molecule has 0 saturated heterocycles. The number of nitrogens with one attached hydrogen (secondary N) is 1. The zero-order valence-corrected chi connectivity index (χ0v) is 9.42. The Labute approximate surface area is 88.5 Å². The highest BCUT2D eigenvalue weighted by Gasteiger charge is 2.09. The number of aliphatic hydroxyl groups excluding tert-OH is 1. The van der Waals surface area contributed by atoms with Crippen molar-refractivity contribution in [1.82, 2.24) is 14.9 Å². The monoisotopic (exact) mass is 215 g/mol. The topological polar surface area (TPSA) is 58.0 Å². The molecule has 1 heterocycles. The Bertz CT molecular complexity index is 238. The number of hydrogen-bond acceptors (Lipinski definition) is 5. The molecule has 0 spiro atoms. The highest BCUT2D eigenvalue weighted by molar-refractivity contribution is 7.03. The van der Waals surface area contributed by atoms with Crippen LogP contribution in [0.2, 0.25) is 0 Å². The molecule has 1 aromatic rings. The molecule has 0 aliphatic heterocycles. The molecule has 0 radical (unpaired) electrons. The van der Waals surface area contributed by atoms with Crippen LogP contribution in [0.3, 0.4) is 0 Å². The van der Waals surface area contributed by atoms with Crippen LogP contribution < -0.4 is 5.32 Å². The lowest BCUT2D eigenvalue weighted by molar-refractivity contribution is 0.223. The Morgan fingerprint density at radius 2 is 2.36 bits per heavy atom. The van der Waals surface area contributed by atoms with Crippen LogP contribution in [0.25, 0.3) is 0 Å². The summed E-state index contributed by atoms with van der Waals surface area (Å²) in [5.74, 6) is 0.591. The maximum atomic E-state index is 9.11. The molecule has 0 aliphatic rings. The van der Waals surface area contributed by atoms with Gasteiger partial charge >= 0.3 is 0 Å². The maximum Gasteiger partial charge on any atom is 0.0893 e. The van der Waals surface area contributed by atoms with Crippen molar-refractivity contribution in [2.45, 2.75) is 32.9 Å². The summed E-state index contributed by atoms with van der Waals surface area (Å²) in [6.45, 7) is 5.16.